The fourth-order valence-electron chi connectivity index (χ4n) is 3.55. The largest absolute Gasteiger partial charge is 0.481 e. The molecule has 3 unspecified atom stereocenters. The molecule has 174 valence electrons. The Labute approximate surface area is 206 Å². The lowest BCUT2D eigenvalue weighted by molar-refractivity contribution is -0.146. The Morgan fingerprint density at radius 1 is 1.06 bits per heavy atom. The highest BCUT2D eigenvalue weighted by Gasteiger charge is 2.34. The topological polar surface area (TPSA) is 95.5 Å². The zero-order chi connectivity index (χ0) is 24.0. The average molecular weight is 507 g/mol. The molecule has 3 rings (SSSR count). The minimum absolute atomic E-state index is 0.209. The number of carboxylic acids is 1. The lowest BCUT2D eigenvalue weighted by atomic mass is 9.82. The maximum absolute atomic E-state index is 12.8. The molecule has 1 aliphatic rings. The molecule has 0 fully saturated rings. The van der Waals surface area contributed by atoms with Crippen LogP contribution in [0.4, 0.5) is 11.4 Å². The zero-order valence-electron chi connectivity index (χ0n) is 17.9. The second-order valence-corrected chi connectivity index (χ2v) is 9.76. The van der Waals surface area contributed by atoms with Crippen molar-refractivity contribution in [1.29, 1.82) is 0 Å². The molecule has 3 atom stereocenters. The number of allylic oxidation sites excluding steroid dienone is 2. The van der Waals surface area contributed by atoms with E-state index in [0.29, 0.717) is 40.7 Å². The first-order chi connectivity index (χ1) is 15.8. The minimum Gasteiger partial charge on any atom is -0.481 e. The molecule has 0 saturated carbocycles. The van der Waals surface area contributed by atoms with Crippen LogP contribution < -0.4 is 10.6 Å². The molecule has 0 heterocycles. The fourth-order valence-corrected chi connectivity index (χ4v) is 4.90. The third-order valence-corrected chi connectivity index (χ3v) is 7.24. The van der Waals surface area contributed by atoms with Gasteiger partial charge in [0, 0.05) is 15.6 Å². The number of hydrogen-bond acceptors (Lipinski definition) is 4. The predicted molar refractivity (Wildman–Crippen MR) is 133 cm³/mol. The van der Waals surface area contributed by atoms with E-state index in [1.165, 1.54) is 11.8 Å². The highest BCUT2D eigenvalue weighted by Crippen LogP contribution is 2.32. The van der Waals surface area contributed by atoms with E-state index in [9.17, 15) is 19.5 Å². The summed E-state index contributed by atoms with van der Waals surface area (Å²) < 4.78 is 0. The molecule has 3 N–H and O–H groups in total. The molecule has 2 amide bonds. The van der Waals surface area contributed by atoms with Gasteiger partial charge in [0.25, 0.3) is 0 Å². The highest BCUT2D eigenvalue weighted by molar-refractivity contribution is 8.00. The van der Waals surface area contributed by atoms with Crippen molar-refractivity contribution < 1.29 is 19.5 Å². The fraction of sp³-hybridized carbons (Fsp3) is 0.292. The Kier molecular flexibility index (Phi) is 8.83. The maximum atomic E-state index is 12.8. The summed E-state index contributed by atoms with van der Waals surface area (Å²) in [5, 5.41) is 15.5. The number of amides is 2. The van der Waals surface area contributed by atoms with Crippen LogP contribution in [0.2, 0.25) is 10.0 Å². The van der Waals surface area contributed by atoms with Crippen molar-refractivity contribution in [2.75, 3.05) is 10.6 Å². The molecule has 33 heavy (non-hydrogen) atoms. The van der Waals surface area contributed by atoms with Crippen LogP contribution in [-0.2, 0) is 14.4 Å². The van der Waals surface area contributed by atoms with Gasteiger partial charge in [-0.05, 0) is 55.7 Å². The molecule has 6 nitrogen and oxygen atoms in total. The molecular weight excluding hydrogens is 483 g/mol. The van der Waals surface area contributed by atoms with E-state index in [0.717, 1.165) is 4.90 Å². The number of thioether (sulfide) groups is 1. The molecule has 0 bridgehead atoms. The molecule has 2 aromatic carbocycles. The van der Waals surface area contributed by atoms with Crippen LogP contribution in [0, 0.1) is 11.8 Å². The number of nitrogens with one attached hydrogen (secondary N) is 2. The van der Waals surface area contributed by atoms with Gasteiger partial charge in [-0.1, -0.05) is 48.3 Å². The molecule has 0 aromatic heterocycles. The third kappa shape index (κ3) is 6.76. The third-order valence-electron chi connectivity index (χ3n) is 5.32. The lowest BCUT2D eigenvalue weighted by Gasteiger charge is -2.24. The number of halogens is 2. The van der Waals surface area contributed by atoms with Gasteiger partial charge in [0.2, 0.25) is 11.8 Å². The highest BCUT2D eigenvalue weighted by atomic mass is 35.5. The average Bonchev–Trinajstić information content (AvgIpc) is 2.80. The monoisotopic (exact) mass is 506 g/mol. The first kappa shape index (κ1) is 25.1. The number of hydrogen-bond donors (Lipinski definition) is 3. The summed E-state index contributed by atoms with van der Waals surface area (Å²) in [7, 11) is 0. The summed E-state index contributed by atoms with van der Waals surface area (Å²) in [6.07, 6.45) is 4.94. The van der Waals surface area contributed by atoms with Gasteiger partial charge in [0.05, 0.1) is 27.8 Å². The Hall–Kier alpha value is -2.48. The molecule has 0 aliphatic heterocycles. The molecular formula is C24H24Cl2N2O4S. The molecule has 0 spiro atoms. The number of aliphatic carboxylic acids is 1. The van der Waals surface area contributed by atoms with Gasteiger partial charge in [-0.3, -0.25) is 14.4 Å². The standard InChI is InChI=1S/C24H24Cl2N2O4S/c1-2-21(23(30)28-20-12-14(25)10-11-19(20)26)33-16-7-5-6-15(13-16)27-22(29)17-8-3-4-9-18(17)24(31)32/h3-7,10-13,17-18,21H,2,8-9H2,1H3,(H,27,29)(H,28,30)(H,31,32). The van der Waals surface area contributed by atoms with Crippen molar-refractivity contribution >= 4 is 64.1 Å². The van der Waals surface area contributed by atoms with Gasteiger partial charge in [0.15, 0.2) is 0 Å². The smallest absolute Gasteiger partial charge is 0.307 e. The van der Waals surface area contributed by atoms with Crippen LogP contribution in [0.1, 0.15) is 26.2 Å². The molecule has 0 radical (unpaired) electrons. The summed E-state index contributed by atoms with van der Waals surface area (Å²) in [5.41, 5.74) is 1.00. The van der Waals surface area contributed by atoms with Crippen molar-refractivity contribution in [3.05, 3.63) is 64.7 Å². The number of carbonyl (C=O) groups excluding carboxylic acids is 2. The van der Waals surface area contributed by atoms with E-state index in [1.54, 1.807) is 42.5 Å². The van der Waals surface area contributed by atoms with E-state index in [4.69, 9.17) is 23.2 Å². The van der Waals surface area contributed by atoms with Crippen LogP contribution in [0.15, 0.2) is 59.5 Å². The van der Waals surface area contributed by atoms with E-state index in [-0.39, 0.29) is 11.8 Å². The maximum Gasteiger partial charge on any atom is 0.307 e. The van der Waals surface area contributed by atoms with Crippen LogP contribution in [-0.4, -0.2) is 28.1 Å². The lowest BCUT2D eigenvalue weighted by Crippen LogP contribution is -2.34. The van der Waals surface area contributed by atoms with Crippen LogP contribution in [0.3, 0.4) is 0 Å². The van der Waals surface area contributed by atoms with E-state index in [2.05, 4.69) is 10.6 Å². The van der Waals surface area contributed by atoms with Gasteiger partial charge in [-0.25, -0.2) is 0 Å². The van der Waals surface area contributed by atoms with Crippen LogP contribution >= 0.6 is 35.0 Å². The number of carbonyl (C=O) groups is 3. The van der Waals surface area contributed by atoms with Gasteiger partial charge in [0.1, 0.15) is 0 Å². The van der Waals surface area contributed by atoms with E-state index < -0.39 is 23.1 Å². The molecule has 0 saturated heterocycles. The number of carboxylic acid groups (broad SMARTS) is 1. The van der Waals surface area contributed by atoms with Crippen molar-refractivity contribution in [3.63, 3.8) is 0 Å². The summed E-state index contributed by atoms with van der Waals surface area (Å²) in [4.78, 5) is 37.8. The number of rotatable bonds is 8. The predicted octanol–water partition coefficient (Wildman–Crippen LogP) is 6.11. The second kappa shape index (κ2) is 11.6. The summed E-state index contributed by atoms with van der Waals surface area (Å²) >= 11 is 13.5. The Morgan fingerprint density at radius 3 is 2.48 bits per heavy atom. The van der Waals surface area contributed by atoms with Crippen LogP contribution in [0.5, 0.6) is 0 Å². The summed E-state index contributed by atoms with van der Waals surface area (Å²) in [6, 6.07) is 12.0. The number of benzene rings is 2. The van der Waals surface area contributed by atoms with E-state index in [1.807, 2.05) is 19.1 Å². The van der Waals surface area contributed by atoms with Gasteiger partial charge >= 0.3 is 5.97 Å². The Bertz CT molecular complexity index is 1080. The quantitative estimate of drug-likeness (QED) is 0.296. The second-order valence-electron chi connectivity index (χ2n) is 7.64. The molecule has 9 heteroatoms. The Balaban J connectivity index is 1.67. The summed E-state index contributed by atoms with van der Waals surface area (Å²) in [5.74, 6) is -2.87. The van der Waals surface area contributed by atoms with Crippen molar-refractivity contribution in [3.8, 4) is 0 Å². The van der Waals surface area contributed by atoms with Crippen molar-refractivity contribution in [2.24, 2.45) is 11.8 Å². The SMILES string of the molecule is CCC(Sc1cccc(NC(=O)C2CC=CCC2C(=O)O)c1)C(=O)Nc1cc(Cl)ccc1Cl. The van der Waals surface area contributed by atoms with Crippen molar-refractivity contribution in [1.82, 2.24) is 0 Å². The summed E-state index contributed by atoms with van der Waals surface area (Å²) in [6.45, 7) is 1.91. The van der Waals surface area contributed by atoms with Crippen molar-refractivity contribution in [2.45, 2.75) is 36.3 Å². The Morgan fingerprint density at radius 2 is 1.79 bits per heavy atom. The van der Waals surface area contributed by atoms with Gasteiger partial charge < -0.3 is 15.7 Å². The minimum atomic E-state index is -0.972. The first-order valence-electron chi connectivity index (χ1n) is 10.5. The first-order valence-corrected chi connectivity index (χ1v) is 12.1. The molecule has 1 aliphatic carbocycles. The molecule has 2 aromatic rings. The zero-order valence-corrected chi connectivity index (χ0v) is 20.2. The van der Waals surface area contributed by atoms with Crippen LogP contribution in [0.25, 0.3) is 0 Å². The normalized spacial score (nSPS) is 18.4. The van der Waals surface area contributed by atoms with E-state index >= 15 is 0 Å². The number of anilines is 2. The van der Waals surface area contributed by atoms with Gasteiger partial charge in [-0.2, -0.15) is 0 Å². The van der Waals surface area contributed by atoms with Gasteiger partial charge in [-0.15, -0.1) is 11.8 Å².